The van der Waals surface area contributed by atoms with E-state index < -0.39 is 5.97 Å². The topological polar surface area (TPSA) is 128 Å². The van der Waals surface area contributed by atoms with Crippen molar-refractivity contribution in [2.45, 2.75) is 71.8 Å². The first-order chi connectivity index (χ1) is 17.9. The van der Waals surface area contributed by atoms with Crippen LogP contribution in [0.2, 0.25) is 0 Å². The van der Waals surface area contributed by atoms with Crippen LogP contribution in [0.25, 0.3) is 11.1 Å². The number of anilines is 2. The number of aromatic nitrogens is 3. The normalized spacial score (nSPS) is 18.4. The van der Waals surface area contributed by atoms with E-state index in [1.807, 2.05) is 18.7 Å². The second-order valence-electron chi connectivity index (χ2n) is 10.2. The van der Waals surface area contributed by atoms with Crippen molar-refractivity contribution >= 4 is 23.4 Å². The number of hydrogen-bond donors (Lipinski definition) is 2. The summed E-state index contributed by atoms with van der Waals surface area (Å²) in [6.07, 6.45) is 10.9. The second-order valence-corrected chi connectivity index (χ2v) is 10.2. The van der Waals surface area contributed by atoms with E-state index in [1.165, 1.54) is 6.42 Å². The van der Waals surface area contributed by atoms with Crippen LogP contribution in [0.15, 0.2) is 18.5 Å². The Morgan fingerprint density at radius 3 is 2.59 bits per heavy atom. The minimum atomic E-state index is -0.494. The van der Waals surface area contributed by atoms with Gasteiger partial charge in [0.1, 0.15) is 5.82 Å². The van der Waals surface area contributed by atoms with Crippen LogP contribution < -0.4 is 10.2 Å². The summed E-state index contributed by atoms with van der Waals surface area (Å²) >= 11 is 0. The van der Waals surface area contributed by atoms with Crippen molar-refractivity contribution in [2.75, 3.05) is 29.9 Å². The van der Waals surface area contributed by atoms with Gasteiger partial charge in [-0.25, -0.2) is 19.7 Å². The Balaban J connectivity index is 1.77. The predicted octanol–water partition coefficient (Wildman–Crippen LogP) is 5.22. The molecule has 0 bridgehead atoms. The molecular weight excluding hydrogens is 466 g/mol. The lowest BCUT2D eigenvalue weighted by molar-refractivity contribution is 0.0519. The summed E-state index contributed by atoms with van der Waals surface area (Å²) in [5.41, 5.74) is 2.71. The first kappa shape index (κ1) is 26.5. The number of nitriles is 1. The number of nitrogens with one attached hydrogen (secondary N) is 2. The lowest BCUT2D eigenvalue weighted by Gasteiger charge is -2.29. The van der Waals surface area contributed by atoms with Crippen LogP contribution >= 0.6 is 0 Å². The number of piperidine rings is 1. The highest BCUT2D eigenvalue weighted by molar-refractivity contribution is 6.10. The summed E-state index contributed by atoms with van der Waals surface area (Å²) in [7, 11) is 0. The van der Waals surface area contributed by atoms with E-state index in [0.717, 1.165) is 45.1 Å². The van der Waals surface area contributed by atoms with Gasteiger partial charge in [-0.15, -0.1) is 0 Å². The zero-order chi connectivity index (χ0) is 26.4. The van der Waals surface area contributed by atoms with E-state index >= 15 is 0 Å². The first-order valence-electron chi connectivity index (χ1n) is 13.5. The first-order valence-corrected chi connectivity index (χ1v) is 13.5. The molecule has 1 unspecified atom stereocenters. The highest BCUT2D eigenvalue weighted by Crippen LogP contribution is 2.33. The van der Waals surface area contributed by atoms with Crippen LogP contribution in [-0.2, 0) is 4.74 Å². The Kier molecular flexibility index (Phi) is 8.70. The van der Waals surface area contributed by atoms with Gasteiger partial charge in [0.05, 0.1) is 18.6 Å². The smallest absolute Gasteiger partial charge is 0.357 e. The van der Waals surface area contributed by atoms with E-state index in [2.05, 4.69) is 26.3 Å². The minimum Gasteiger partial charge on any atom is -0.461 e. The van der Waals surface area contributed by atoms with E-state index in [0.29, 0.717) is 40.7 Å². The Hall–Kier alpha value is -3.54. The molecule has 2 aromatic heterocycles. The molecular formula is C28H37N7O2. The van der Waals surface area contributed by atoms with Crippen molar-refractivity contribution < 1.29 is 9.53 Å². The molecule has 2 N–H and O–H groups in total. The molecule has 1 saturated heterocycles. The summed E-state index contributed by atoms with van der Waals surface area (Å²) in [6, 6.07) is 4.30. The second kappa shape index (κ2) is 12.1. The summed E-state index contributed by atoms with van der Waals surface area (Å²) in [5, 5.41) is 21.9. The molecule has 0 aromatic carbocycles. The van der Waals surface area contributed by atoms with Gasteiger partial charge >= 0.3 is 5.97 Å². The fraction of sp³-hybridized carbons (Fsp3) is 0.571. The number of esters is 1. The van der Waals surface area contributed by atoms with E-state index in [9.17, 15) is 10.1 Å². The number of hydrogen-bond acceptors (Lipinski definition) is 9. The van der Waals surface area contributed by atoms with Gasteiger partial charge in [-0.3, -0.25) is 0 Å². The number of carbonyl (C=O) groups excluding carboxylic acids is 1. The predicted molar refractivity (Wildman–Crippen MR) is 144 cm³/mol. The highest BCUT2D eigenvalue weighted by atomic mass is 16.5. The molecule has 37 heavy (non-hydrogen) atoms. The maximum Gasteiger partial charge on any atom is 0.357 e. The van der Waals surface area contributed by atoms with Crippen LogP contribution in [0.4, 0.5) is 11.8 Å². The van der Waals surface area contributed by atoms with Crippen molar-refractivity contribution in [2.24, 2.45) is 11.8 Å². The third kappa shape index (κ3) is 6.24. The molecule has 0 spiro atoms. The van der Waals surface area contributed by atoms with Crippen molar-refractivity contribution in [1.82, 2.24) is 15.0 Å². The average Bonchev–Trinajstić information content (AvgIpc) is 2.93. The minimum absolute atomic E-state index is 0.0177. The van der Waals surface area contributed by atoms with Gasteiger partial charge in [-0.1, -0.05) is 33.1 Å². The molecule has 9 heteroatoms. The molecule has 1 saturated carbocycles. The average molecular weight is 504 g/mol. The molecule has 3 heterocycles. The molecule has 2 aromatic rings. The standard InChI is InChI=1S/C28H37N7O2/c1-4-37-27(36)23-13-22(20-15-31-28(32-16-20)35-12-8-9-19(14-29)17-35)24(25(30)18(2)3)26(34-23)33-21-10-6-5-7-11-21/h13,15-16,18-19,21,30H,4-12,17H2,1-3H3,(H,33,34). The maximum absolute atomic E-state index is 12.8. The molecule has 2 aliphatic rings. The fourth-order valence-electron chi connectivity index (χ4n) is 5.08. The van der Waals surface area contributed by atoms with Gasteiger partial charge in [0.25, 0.3) is 0 Å². The summed E-state index contributed by atoms with van der Waals surface area (Å²) in [4.78, 5) is 28.8. The van der Waals surface area contributed by atoms with Crippen molar-refractivity contribution in [1.29, 1.82) is 10.7 Å². The molecule has 0 amide bonds. The van der Waals surface area contributed by atoms with E-state index in [4.69, 9.17) is 10.1 Å². The van der Waals surface area contributed by atoms with Gasteiger partial charge in [-0.2, -0.15) is 5.26 Å². The van der Waals surface area contributed by atoms with Crippen LogP contribution in [0.1, 0.15) is 81.8 Å². The molecule has 0 radical (unpaired) electrons. The lowest BCUT2D eigenvalue weighted by Crippen LogP contribution is -2.35. The number of carbonyl (C=O) groups is 1. The zero-order valence-electron chi connectivity index (χ0n) is 22.1. The van der Waals surface area contributed by atoms with Gasteiger partial charge in [0.15, 0.2) is 5.69 Å². The maximum atomic E-state index is 12.8. The molecule has 1 aliphatic carbocycles. The number of nitrogens with zero attached hydrogens (tertiary/aromatic N) is 5. The van der Waals surface area contributed by atoms with Crippen molar-refractivity contribution in [3.8, 4) is 17.2 Å². The molecule has 1 atom stereocenters. The van der Waals surface area contributed by atoms with Crippen LogP contribution in [0.3, 0.4) is 0 Å². The van der Waals surface area contributed by atoms with Crippen LogP contribution in [0.5, 0.6) is 0 Å². The Morgan fingerprint density at radius 2 is 1.95 bits per heavy atom. The van der Waals surface area contributed by atoms with Crippen LogP contribution in [0, 0.1) is 28.6 Å². The molecule has 4 rings (SSSR count). The summed E-state index contributed by atoms with van der Waals surface area (Å²) in [6.45, 7) is 7.43. The molecule has 1 aliphatic heterocycles. The van der Waals surface area contributed by atoms with E-state index in [-0.39, 0.29) is 30.2 Å². The van der Waals surface area contributed by atoms with Crippen molar-refractivity contribution in [3.05, 3.63) is 29.7 Å². The van der Waals surface area contributed by atoms with Gasteiger partial charge in [0, 0.05) is 48.4 Å². The van der Waals surface area contributed by atoms with Gasteiger partial charge in [0.2, 0.25) is 5.95 Å². The van der Waals surface area contributed by atoms with Crippen LogP contribution in [-0.4, -0.2) is 52.4 Å². The molecule has 9 nitrogen and oxygen atoms in total. The molecule has 196 valence electrons. The summed E-state index contributed by atoms with van der Waals surface area (Å²) in [5.74, 6) is 0.576. The Morgan fingerprint density at radius 1 is 1.22 bits per heavy atom. The Bertz CT molecular complexity index is 1150. The fourth-order valence-corrected chi connectivity index (χ4v) is 5.08. The van der Waals surface area contributed by atoms with E-state index in [1.54, 1.807) is 25.4 Å². The monoisotopic (exact) mass is 503 g/mol. The molecule has 2 fully saturated rings. The highest BCUT2D eigenvalue weighted by Gasteiger charge is 2.26. The third-order valence-corrected chi connectivity index (χ3v) is 7.13. The lowest BCUT2D eigenvalue weighted by atomic mass is 9.91. The number of rotatable bonds is 8. The van der Waals surface area contributed by atoms with Gasteiger partial charge < -0.3 is 20.4 Å². The number of pyridine rings is 1. The largest absolute Gasteiger partial charge is 0.461 e. The van der Waals surface area contributed by atoms with Gasteiger partial charge in [-0.05, 0) is 50.2 Å². The van der Waals surface area contributed by atoms with Crippen molar-refractivity contribution in [3.63, 3.8) is 0 Å². The Labute approximate surface area is 219 Å². The number of ether oxygens (including phenoxy) is 1. The third-order valence-electron chi connectivity index (χ3n) is 7.13. The SMILES string of the molecule is CCOC(=O)c1cc(-c2cnc(N3CCCC(C#N)C3)nc2)c(C(=N)C(C)C)c(NC2CCCCC2)n1. The quantitative estimate of drug-likeness (QED) is 0.370. The summed E-state index contributed by atoms with van der Waals surface area (Å²) < 4.78 is 5.28. The zero-order valence-corrected chi connectivity index (χ0v) is 22.1.